The van der Waals surface area contributed by atoms with Crippen LogP contribution < -0.4 is 5.32 Å². The summed E-state index contributed by atoms with van der Waals surface area (Å²) in [7, 11) is 0. The number of halogens is 2. The van der Waals surface area contributed by atoms with Crippen molar-refractivity contribution in [2.24, 2.45) is 0 Å². The van der Waals surface area contributed by atoms with Gasteiger partial charge >= 0.3 is 0 Å². The van der Waals surface area contributed by atoms with Gasteiger partial charge in [0.25, 0.3) is 11.8 Å². The van der Waals surface area contributed by atoms with Crippen molar-refractivity contribution in [1.82, 2.24) is 4.90 Å². The van der Waals surface area contributed by atoms with Crippen LogP contribution in [-0.2, 0) is 9.59 Å². The third-order valence-electron chi connectivity index (χ3n) is 4.21. The molecule has 1 aliphatic heterocycles. The fourth-order valence-corrected chi connectivity index (χ4v) is 3.14. The second-order valence-corrected chi connectivity index (χ2v) is 7.26. The molecule has 0 fully saturated rings. The Kier molecular flexibility index (Phi) is 5.08. The number of anilines is 1. The predicted octanol–water partition coefficient (Wildman–Crippen LogP) is 4.90. The number of rotatable bonds is 4. The van der Waals surface area contributed by atoms with Crippen LogP contribution in [0.2, 0.25) is 10.0 Å². The van der Waals surface area contributed by atoms with E-state index in [0.717, 1.165) is 5.56 Å². The molecule has 2 amide bonds. The van der Waals surface area contributed by atoms with Gasteiger partial charge in [0.1, 0.15) is 5.70 Å². The minimum Gasteiger partial charge on any atom is -0.350 e. The molecule has 0 unspecified atom stereocenters. The van der Waals surface area contributed by atoms with Crippen molar-refractivity contribution in [3.63, 3.8) is 0 Å². The fraction of sp³-hybridized carbons (Fsp3) is 0.200. The highest BCUT2D eigenvalue weighted by molar-refractivity contribution is 6.37. The average Bonchev–Trinajstić information content (AvgIpc) is 2.82. The summed E-state index contributed by atoms with van der Waals surface area (Å²) in [6.07, 6.45) is 0. The van der Waals surface area contributed by atoms with Crippen LogP contribution in [0.1, 0.15) is 25.0 Å². The molecule has 0 radical (unpaired) electrons. The molecule has 0 aromatic heterocycles. The van der Waals surface area contributed by atoms with Gasteiger partial charge in [0.2, 0.25) is 0 Å². The Morgan fingerprint density at radius 1 is 0.962 bits per heavy atom. The molecule has 1 aliphatic rings. The van der Waals surface area contributed by atoms with E-state index >= 15 is 0 Å². The molecule has 3 rings (SSSR count). The lowest BCUT2D eigenvalue weighted by atomic mass is 10.0. The lowest BCUT2D eigenvalue weighted by molar-refractivity contribution is -0.138. The summed E-state index contributed by atoms with van der Waals surface area (Å²) in [4.78, 5) is 27.1. The van der Waals surface area contributed by atoms with Gasteiger partial charge in [-0.2, -0.15) is 0 Å². The van der Waals surface area contributed by atoms with E-state index in [9.17, 15) is 9.59 Å². The third-order valence-corrected chi connectivity index (χ3v) is 4.86. The first kappa shape index (κ1) is 18.5. The molecule has 1 N–H and O–H groups in total. The Balaban J connectivity index is 2.10. The largest absolute Gasteiger partial charge is 0.350 e. The van der Waals surface area contributed by atoms with Gasteiger partial charge in [-0.15, -0.1) is 0 Å². The molecule has 0 saturated heterocycles. The van der Waals surface area contributed by atoms with Crippen LogP contribution >= 0.6 is 23.2 Å². The van der Waals surface area contributed by atoms with E-state index in [-0.39, 0.29) is 23.6 Å². The van der Waals surface area contributed by atoms with Gasteiger partial charge in [-0.25, -0.2) is 0 Å². The molecule has 4 nitrogen and oxygen atoms in total. The highest BCUT2D eigenvalue weighted by Crippen LogP contribution is 2.33. The molecule has 26 heavy (non-hydrogen) atoms. The van der Waals surface area contributed by atoms with E-state index < -0.39 is 0 Å². The summed E-state index contributed by atoms with van der Waals surface area (Å²) in [5, 5.41) is 4.23. The maximum Gasteiger partial charge on any atom is 0.278 e. The lowest BCUT2D eigenvalue weighted by Crippen LogP contribution is -2.38. The van der Waals surface area contributed by atoms with Crippen LogP contribution in [0, 0.1) is 6.92 Å². The summed E-state index contributed by atoms with van der Waals surface area (Å²) in [5.74, 6) is -0.681. The monoisotopic (exact) mass is 388 g/mol. The Hall–Kier alpha value is -2.30. The van der Waals surface area contributed by atoms with Crippen molar-refractivity contribution in [2.75, 3.05) is 5.32 Å². The number of benzene rings is 2. The zero-order valence-corrected chi connectivity index (χ0v) is 16.2. The predicted molar refractivity (Wildman–Crippen MR) is 105 cm³/mol. The summed E-state index contributed by atoms with van der Waals surface area (Å²) < 4.78 is 0. The Bertz CT molecular complexity index is 918. The minimum absolute atomic E-state index is 0.242. The average molecular weight is 389 g/mol. The summed E-state index contributed by atoms with van der Waals surface area (Å²) in [6.45, 7) is 5.51. The third kappa shape index (κ3) is 3.35. The molecule has 0 saturated carbocycles. The molecule has 2 aromatic carbocycles. The molecule has 0 bridgehead atoms. The smallest absolute Gasteiger partial charge is 0.278 e. The lowest BCUT2D eigenvalue weighted by Gasteiger charge is -2.19. The molecular formula is C20H18Cl2N2O2. The first-order valence-electron chi connectivity index (χ1n) is 8.21. The van der Waals surface area contributed by atoms with Crippen molar-refractivity contribution in [2.45, 2.75) is 26.8 Å². The molecular weight excluding hydrogens is 371 g/mol. The molecule has 134 valence electrons. The van der Waals surface area contributed by atoms with Gasteiger partial charge in [0.15, 0.2) is 0 Å². The topological polar surface area (TPSA) is 49.4 Å². The molecule has 0 atom stereocenters. The van der Waals surface area contributed by atoms with Crippen LogP contribution in [-0.4, -0.2) is 22.8 Å². The zero-order valence-electron chi connectivity index (χ0n) is 14.6. The van der Waals surface area contributed by atoms with E-state index in [0.29, 0.717) is 26.9 Å². The first-order valence-corrected chi connectivity index (χ1v) is 8.96. The van der Waals surface area contributed by atoms with Crippen molar-refractivity contribution in [3.05, 3.63) is 69.3 Å². The highest BCUT2D eigenvalue weighted by atomic mass is 35.5. The summed E-state index contributed by atoms with van der Waals surface area (Å²) >= 11 is 12.1. The number of nitrogens with one attached hydrogen (secondary N) is 1. The fourth-order valence-electron chi connectivity index (χ4n) is 2.83. The van der Waals surface area contributed by atoms with Gasteiger partial charge in [0.05, 0.1) is 5.57 Å². The van der Waals surface area contributed by atoms with Crippen molar-refractivity contribution in [3.8, 4) is 0 Å². The van der Waals surface area contributed by atoms with Crippen LogP contribution in [0.5, 0.6) is 0 Å². The number of carbonyl (C=O) groups is 2. The van der Waals surface area contributed by atoms with Crippen molar-refractivity contribution >= 4 is 46.3 Å². The van der Waals surface area contributed by atoms with Crippen LogP contribution in [0.3, 0.4) is 0 Å². The number of aryl methyl sites for hydroxylation is 1. The van der Waals surface area contributed by atoms with Crippen LogP contribution in [0.25, 0.3) is 5.57 Å². The normalized spacial score (nSPS) is 14.6. The first-order chi connectivity index (χ1) is 12.3. The van der Waals surface area contributed by atoms with E-state index in [2.05, 4.69) is 5.32 Å². The Morgan fingerprint density at radius 3 is 2.19 bits per heavy atom. The molecule has 0 aliphatic carbocycles. The maximum absolute atomic E-state index is 12.9. The number of amides is 2. The number of hydrogen-bond acceptors (Lipinski definition) is 3. The molecule has 1 heterocycles. The second kappa shape index (κ2) is 7.14. The quantitative estimate of drug-likeness (QED) is 0.757. The Labute approximate surface area is 162 Å². The number of hydrogen-bond donors (Lipinski definition) is 1. The maximum atomic E-state index is 12.9. The van der Waals surface area contributed by atoms with Gasteiger partial charge in [-0.3, -0.25) is 14.5 Å². The zero-order chi connectivity index (χ0) is 19.0. The van der Waals surface area contributed by atoms with Gasteiger partial charge < -0.3 is 5.32 Å². The van der Waals surface area contributed by atoms with Crippen molar-refractivity contribution in [1.29, 1.82) is 0 Å². The van der Waals surface area contributed by atoms with Crippen molar-refractivity contribution < 1.29 is 9.59 Å². The molecule has 2 aromatic rings. The van der Waals surface area contributed by atoms with E-state index in [1.54, 1.807) is 44.2 Å². The molecule has 0 spiro atoms. The number of nitrogens with zero attached hydrogens (tertiary/aromatic N) is 1. The van der Waals surface area contributed by atoms with Crippen LogP contribution in [0.15, 0.2) is 48.2 Å². The SMILES string of the molecule is Cc1ccc(NC2=C(c3ccc(Cl)cc3)C(=O)N(C(C)C)C2=O)cc1Cl. The van der Waals surface area contributed by atoms with Gasteiger partial charge in [-0.05, 0) is 56.2 Å². The van der Waals surface area contributed by atoms with E-state index in [4.69, 9.17) is 23.2 Å². The number of imide groups is 1. The van der Waals surface area contributed by atoms with Crippen LogP contribution in [0.4, 0.5) is 5.69 Å². The highest BCUT2D eigenvalue weighted by Gasteiger charge is 2.40. The standard InChI is InChI=1S/C20H18Cl2N2O2/c1-11(2)24-19(25)17(13-5-7-14(21)8-6-13)18(20(24)26)23-15-9-4-12(3)16(22)10-15/h4-11,23H,1-3H3. The summed E-state index contributed by atoms with van der Waals surface area (Å²) in [5.41, 5.74) is 2.79. The van der Waals surface area contributed by atoms with E-state index in [1.807, 2.05) is 19.1 Å². The summed E-state index contributed by atoms with van der Waals surface area (Å²) in [6, 6.07) is 12.0. The van der Waals surface area contributed by atoms with E-state index in [1.165, 1.54) is 4.90 Å². The number of carbonyl (C=O) groups excluding carboxylic acids is 2. The molecule has 6 heteroatoms. The van der Waals surface area contributed by atoms with Gasteiger partial charge in [-0.1, -0.05) is 41.4 Å². The Morgan fingerprint density at radius 2 is 1.62 bits per heavy atom. The second-order valence-electron chi connectivity index (χ2n) is 6.42. The van der Waals surface area contributed by atoms with Gasteiger partial charge in [0, 0.05) is 21.8 Å². The minimum atomic E-state index is -0.355.